The average Bonchev–Trinajstić information content (AvgIpc) is 3.22. The third-order valence-electron chi connectivity index (χ3n) is 5.79. The Kier molecular flexibility index (Phi) is 5.13. The number of esters is 1. The number of Topliss-reactive ketones (excluding diaryl/α,β-unsaturated/α-hetero) is 1. The lowest BCUT2D eigenvalue weighted by atomic mass is 9.64. The molecule has 0 amide bonds. The minimum Gasteiger partial charge on any atom is -0.457 e. The van der Waals surface area contributed by atoms with Gasteiger partial charge in [-0.2, -0.15) is 0 Å². The van der Waals surface area contributed by atoms with Crippen molar-refractivity contribution in [2.75, 3.05) is 6.61 Å². The molecule has 0 spiro atoms. The first-order valence-electron chi connectivity index (χ1n) is 9.80. The van der Waals surface area contributed by atoms with E-state index >= 15 is 0 Å². The fourth-order valence-electron chi connectivity index (χ4n) is 4.03. The van der Waals surface area contributed by atoms with Crippen LogP contribution in [0.5, 0.6) is 0 Å². The van der Waals surface area contributed by atoms with Crippen LogP contribution in [0, 0.1) is 20.8 Å². The second kappa shape index (κ2) is 7.59. The number of aromatic nitrogens is 2. The van der Waals surface area contributed by atoms with Crippen LogP contribution in [0.15, 0.2) is 41.8 Å². The highest BCUT2D eigenvalue weighted by molar-refractivity contribution is 7.12. The SMILES string of the molecule is Cc1csc(-n2c(C)cc(C(=O)COC(=O)C3(c4ccccc4)CCC3)c2C)n1. The summed E-state index contributed by atoms with van der Waals surface area (Å²) in [4.78, 5) is 30.2. The summed E-state index contributed by atoms with van der Waals surface area (Å²) in [6, 6.07) is 11.6. The lowest BCUT2D eigenvalue weighted by Gasteiger charge is -2.39. The van der Waals surface area contributed by atoms with Gasteiger partial charge < -0.3 is 4.74 Å². The summed E-state index contributed by atoms with van der Waals surface area (Å²) in [6.07, 6.45) is 2.52. The van der Waals surface area contributed by atoms with Crippen LogP contribution >= 0.6 is 11.3 Å². The molecular formula is C23H24N2O3S. The van der Waals surface area contributed by atoms with Crippen molar-refractivity contribution in [2.45, 2.75) is 45.4 Å². The highest BCUT2D eigenvalue weighted by Crippen LogP contribution is 2.44. The fraction of sp³-hybridized carbons (Fsp3) is 0.348. The van der Waals surface area contributed by atoms with Gasteiger partial charge in [0.1, 0.15) is 0 Å². The summed E-state index contributed by atoms with van der Waals surface area (Å²) >= 11 is 1.54. The van der Waals surface area contributed by atoms with E-state index in [-0.39, 0.29) is 18.4 Å². The number of rotatable bonds is 6. The molecule has 1 aliphatic carbocycles. The first-order chi connectivity index (χ1) is 13.9. The second-order valence-electron chi connectivity index (χ2n) is 7.69. The molecule has 0 atom stereocenters. The van der Waals surface area contributed by atoms with Gasteiger partial charge in [-0.15, -0.1) is 11.3 Å². The topological polar surface area (TPSA) is 61.2 Å². The van der Waals surface area contributed by atoms with Gasteiger partial charge in [0.05, 0.1) is 11.1 Å². The number of hydrogen-bond donors (Lipinski definition) is 0. The van der Waals surface area contributed by atoms with E-state index in [9.17, 15) is 9.59 Å². The molecule has 1 aromatic carbocycles. The third kappa shape index (κ3) is 3.42. The molecule has 0 N–H and O–H groups in total. The molecular weight excluding hydrogens is 384 g/mol. The van der Waals surface area contributed by atoms with Gasteiger partial charge in [0.2, 0.25) is 5.78 Å². The Labute approximate surface area is 174 Å². The molecule has 1 fully saturated rings. The number of carbonyl (C=O) groups excluding carboxylic acids is 2. The number of thiazole rings is 1. The molecule has 0 aliphatic heterocycles. The van der Waals surface area contributed by atoms with E-state index in [2.05, 4.69) is 4.98 Å². The Morgan fingerprint density at radius 2 is 1.90 bits per heavy atom. The zero-order valence-electron chi connectivity index (χ0n) is 16.9. The number of hydrogen-bond acceptors (Lipinski definition) is 5. The van der Waals surface area contributed by atoms with E-state index in [4.69, 9.17) is 4.74 Å². The molecule has 150 valence electrons. The summed E-state index contributed by atoms with van der Waals surface area (Å²) in [5, 5.41) is 2.82. The minimum atomic E-state index is -0.600. The van der Waals surface area contributed by atoms with E-state index in [0.29, 0.717) is 5.56 Å². The van der Waals surface area contributed by atoms with E-state index in [0.717, 1.165) is 47.0 Å². The predicted octanol–water partition coefficient (Wildman–Crippen LogP) is 4.71. The standard InChI is InChI=1S/C23H24N2O3S/c1-15-14-29-22(24-15)25-16(2)12-19(17(25)3)20(26)13-28-21(27)23(10-7-11-23)18-8-5-4-6-9-18/h4-6,8-9,12,14H,7,10-11,13H2,1-3H3. The quantitative estimate of drug-likeness (QED) is 0.438. The number of aryl methyl sites for hydroxylation is 2. The highest BCUT2D eigenvalue weighted by atomic mass is 32.1. The van der Waals surface area contributed by atoms with Crippen LogP contribution in [0.25, 0.3) is 5.13 Å². The molecule has 5 nitrogen and oxygen atoms in total. The van der Waals surface area contributed by atoms with Gasteiger partial charge in [0, 0.05) is 22.3 Å². The molecule has 3 aromatic rings. The zero-order valence-corrected chi connectivity index (χ0v) is 17.7. The van der Waals surface area contributed by atoms with Crippen LogP contribution in [-0.4, -0.2) is 27.9 Å². The Morgan fingerprint density at radius 3 is 2.48 bits per heavy atom. The van der Waals surface area contributed by atoms with Gasteiger partial charge in [-0.3, -0.25) is 14.2 Å². The number of carbonyl (C=O) groups is 2. The van der Waals surface area contributed by atoms with Gasteiger partial charge in [-0.05, 0) is 45.2 Å². The number of ketones is 1. The molecule has 4 rings (SSSR count). The normalized spacial score (nSPS) is 15.0. The Bertz CT molecular complexity index is 1060. The van der Waals surface area contributed by atoms with Crippen molar-refractivity contribution >= 4 is 23.1 Å². The lowest BCUT2D eigenvalue weighted by Crippen LogP contribution is -2.44. The average molecular weight is 409 g/mol. The number of benzene rings is 1. The summed E-state index contributed by atoms with van der Waals surface area (Å²) in [5.41, 5.74) is 3.65. The van der Waals surface area contributed by atoms with Crippen molar-refractivity contribution in [3.8, 4) is 5.13 Å². The van der Waals surface area contributed by atoms with Gasteiger partial charge in [-0.25, -0.2) is 4.98 Å². The summed E-state index contributed by atoms with van der Waals surface area (Å²) < 4.78 is 7.50. The van der Waals surface area contributed by atoms with Crippen LogP contribution in [0.4, 0.5) is 0 Å². The molecule has 29 heavy (non-hydrogen) atoms. The Balaban J connectivity index is 1.50. The number of ether oxygens (including phenoxy) is 1. The molecule has 1 aliphatic rings. The van der Waals surface area contributed by atoms with Crippen LogP contribution in [0.2, 0.25) is 0 Å². The first-order valence-corrected chi connectivity index (χ1v) is 10.7. The van der Waals surface area contributed by atoms with Crippen LogP contribution in [0.3, 0.4) is 0 Å². The van der Waals surface area contributed by atoms with Crippen molar-refractivity contribution in [1.29, 1.82) is 0 Å². The Morgan fingerprint density at radius 1 is 1.17 bits per heavy atom. The monoisotopic (exact) mass is 408 g/mol. The van der Waals surface area contributed by atoms with E-state index in [1.54, 1.807) is 11.3 Å². The van der Waals surface area contributed by atoms with Crippen molar-refractivity contribution in [3.63, 3.8) is 0 Å². The van der Waals surface area contributed by atoms with Crippen molar-refractivity contribution in [2.24, 2.45) is 0 Å². The van der Waals surface area contributed by atoms with Crippen molar-refractivity contribution in [1.82, 2.24) is 9.55 Å². The number of nitrogens with zero attached hydrogens (tertiary/aromatic N) is 2. The Hall–Kier alpha value is -2.73. The maximum atomic E-state index is 12.9. The highest BCUT2D eigenvalue weighted by Gasteiger charge is 2.47. The predicted molar refractivity (Wildman–Crippen MR) is 113 cm³/mol. The molecule has 2 aromatic heterocycles. The van der Waals surface area contributed by atoms with E-state index in [1.165, 1.54) is 0 Å². The van der Waals surface area contributed by atoms with Gasteiger partial charge in [-0.1, -0.05) is 36.8 Å². The van der Waals surface area contributed by atoms with E-state index < -0.39 is 5.41 Å². The van der Waals surface area contributed by atoms with Crippen LogP contribution < -0.4 is 0 Å². The maximum Gasteiger partial charge on any atom is 0.317 e. The van der Waals surface area contributed by atoms with Gasteiger partial charge in [0.15, 0.2) is 11.7 Å². The molecule has 0 radical (unpaired) electrons. The molecule has 0 unspecified atom stereocenters. The van der Waals surface area contributed by atoms with Gasteiger partial charge >= 0.3 is 5.97 Å². The zero-order chi connectivity index (χ0) is 20.6. The second-order valence-corrected chi connectivity index (χ2v) is 8.53. The summed E-state index contributed by atoms with van der Waals surface area (Å²) in [7, 11) is 0. The maximum absolute atomic E-state index is 12.9. The largest absolute Gasteiger partial charge is 0.457 e. The molecule has 0 bridgehead atoms. The summed E-state index contributed by atoms with van der Waals surface area (Å²) in [5.74, 6) is -0.485. The molecule has 6 heteroatoms. The summed E-state index contributed by atoms with van der Waals surface area (Å²) in [6.45, 7) is 5.55. The molecule has 1 saturated carbocycles. The van der Waals surface area contributed by atoms with E-state index in [1.807, 2.05) is 67.1 Å². The first kappa shape index (κ1) is 19.6. The smallest absolute Gasteiger partial charge is 0.317 e. The van der Waals surface area contributed by atoms with Crippen molar-refractivity contribution < 1.29 is 14.3 Å². The lowest BCUT2D eigenvalue weighted by molar-refractivity contribution is -0.153. The third-order valence-corrected chi connectivity index (χ3v) is 6.73. The minimum absolute atomic E-state index is 0.187. The van der Waals surface area contributed by atoms with Crippen LogP contribution in [-0.2, 0) is 14.9 Å². The molecule has 2 heterocycles. The van der Waals surface area contributed by atoms with Crippen LogP contribution in [0.1, 0.15) is 52.3 Å². The molecule has 0 saturated heterocycles. The van der Waals surface area contributed by atoms with Crippen molar-refractivity contribution in [3.05, 3.63) is 70.0 Å². The van der Waals surface area contributed by atoms with Gasteiger partial charge in [0.25, 0.3) is 0 Å². The fourth-order valence-corrected chi connectivity index (χ4v) is 4.94.